The predicted octanol–water partition coefficient (Wildman–Crippen LogP) is 3.46. The molecule has 1 aromatic rings. The van der Waals surface area contributed by atoms with E-state index in [1.54, 1.807) is 0 Å². The average Bonchev–Trinajstić information content (AvgIpc) is 2.23. The first-order valence-corrected chi connectivity index (χ1v) is 6.18. The molecule has 1 aliphatic heterocycles. The van der Waals surface area contributed by atoms with E-state index in [4.69, 9.17) is 11.6 Å². The molecule has 1 fully saturated rings. The minimum atomic E-state index is 0.131. The van der Waals surface area contributed by atoms with Crippen molar-refractivity contribution in [2.45, 2.75) is 38.1 Å². The highest BCUT2D eigenvalue weighted by molar-refractivity contribution is 6.30. The third kappa shape index (κ3) is 2.99. The molecule has 1 amide bonds. The Kier molecular flexibility index (Phi) is 3.83. The first-order valence-electron chi connectivity index (χ1n) is 5.80. The van der Waals surface area contributed by atoms with Gasteiger partial charge in [0.2, 0.25) is 5.91 Å². The highest BCUT2D eigenvalue weighted by atomic mass is 35.5. The van der Waals surface area contributed by atoms with Gasteiger partial charge in [0.15, 0.2) is 0 Å². The minimum absolute atomic E-state index is 0.131. The van der Waals surface area contributed by atoms with Gasteiger partial charge in [-0.3, -0.25) is 4.79 Å². The maximum atomic E-state index is 11.6. The number of hydrogen-bond donors (Lipinski definition) is 1. The molecule has 0 bridgehead atoms. The average molecular weight is 238 g/mol. The van der Waals surface area contributed by atoms with Crippen LogP contribution in [0.3, 0.4) is 0 Å². The third-order valence-electron chi connectivity index (χ3n) is 2.98. The summed E-state index contributed by atoms with van der Waals surface area (Å²) in [5.74, 6) is 0.157. The van der Waals surface area contributed by atoms with Crippen molar-refractivity contribution < 1.29 is 4.79 Å². The van der Waals surface area contributed by atoms with Gasteiger partial charge < -0.3 is 5.32 Å². The molecule has 1 N–H and O–H groups in total. The summed E-state index contributed by atoms with van der Waals surface area (Å²) in [5.41, 5.74) is 1.11. The van der Waals surface area contributed by atoms with Crippen molar-refractivity contribution in [3.05, 3.63) is 34.9 Å². The molecule has 1 aliphatic rings. The van der Waals surface area contributed by atoms with E-state index < -0.39 is 0 Å². The van der Waals surface area contributed by atoms with E-state index in [1.165, 1.54) is 0 Å². The molecule has 0 spiro atoms. The fourth-order valence-corrected chi connectivity index (χ4v) is 2.32. The van der Waals surface area contributed by atoms with Crippen LogP contribution in [0.25, 0.3) is 0 Å². The Balaban J connectivity index is 2.14. The van der Waals surface area contributed by atoms with Crippen molar-refractivity contribution in [1.82, 2.24) is 5.32 Å². The van der Waals surface area contributed by atoms with Crippen molar-refractivity contribution >= 4 is 17.5 Å². The zero-order valence-corrected chi connectivity index (χ0v) is 9.96. The molecule has 1 heterocycles. The summed E-state index contributed by atoms with van der Waals surface area (Å²) in [4.78, 5) is 11.6. The molecule has 1 atom stereocenters. The maximum Gasteiger partial charge on any atom is 0.220 e. The Morgan fingerprint density at radius 3 is 2.94 bits per heavy atom. The van der Waals surface area contributed by atoms with Crippen LogP contribution in [0.4, 0.5) is 0 Å². The number of carbonyl (C=O) groups excluding carboxylic acids is 1. The summed E-state index contributed by atoms with van der Waals surface area (Å²) in [6.45, 7) is 0. The van der Waals surface area contributed by atoms with E-state index in [0.29, 0.717) is 6.42 Å². The number of carbonyl (C=O) groups is 1. The number of amides is 1. The lowest BCUT2D eigenvalue weighted by atomic mass is 9.97. The molecule has 0 saturated carbocycles. The number of nitrogens with one attached hydrogen (secondary N) is 1. The number of rotatable bonds is 1. The van der Waals surface area contributed by atoms with Crippen molar-refractivity contribution in [3.8, 4) is 0 Å². The van der Waals surface area contributed by atoms with Crippen LogP contribution in [0.2, 0.25) is 5.02 Å². The fourth-order valence-electron chi connectivity index (χ4n) is 2.12. The van der Waals surface area contributed by atoms with E-state index >= 15 is 0 Å². The van der Waals surface area contributed by atoms with Crippen LogP contribution in [-0.4, -0.2) is 5.91 Å². The molecule has 1 unspecified atom stereocenters. The van der Waals surface area contributed by atoms with Crippen LogP contribution >= 0.6 is 11.6 Å². The van der Waals surface area contributed by atoms with Gasteiger partial charge in [-0.05, 0) is 30.5 Å². The standard InChI is InChI=1S/C13H16ClNO/c14-11-6-4-5-10(9-11)12-7-2-1-3-8-13(16)15-12/h4-6,9,12H,1-3,7-8H2,(H,15,16). The smallest absolute Gasteiger partial charge is 0.220 e. The molecule has 3 heteroatoms. The summed E-state index contributed by atoms with van der Waals surface area (Å²) >= 11 is 5.96. The van der Waals surface area contributed by atoms with E-state index in [1.807, 2.05) is 24.3 Å². The Hall–Kier alpha value is -1.02. The zero-order valence-electron chi connectivity index (χ0n) is 9.21. The first kappa shape index (κ1) is 11.5. The molecular formula is C13H16ClNO. The quantitative estimate of drug-likeness (QED) is 0.796. The van der Waals surface area contributed by atoms with Gasteiger partial charge in [-0.25, -0.2) is 0 Å². The van der Waals surface area contributed by atoms with Crippen molar-refractivity contribution in [1.29, 1.82) is 0 Å². The second-order valence-electron chi connectivity index (χ2n) is 4.27. The third-order valence-corrected chi connectivity index (χ3v) is 3.22. The lowest BCUT2D eigenvalue weighted by Gasteiger charge is -2.21. The van der Waals surface area contributed by atoms with Gasteiger partial charge in [0.25, 0.3) is 0 Å². The summed E-state index contributed by atoms with van der Waals surface area (Å²) < 4.78 is 0. The summed E-state index contributed by atoms with van der Waals surface area (Å²) in [6, 6.07) is 7.89. The molecule has 0 aromatic heterocycles. The van der Waals surface area contributed by atoms with Crippen molar-refractivity contribution in [2.75, 3.05) is 0 Å². The normalized spacial score (nSPS) is 22.1. The van der Waals surface area contributed by atoms with Crippen LogP contribution < -0.4 is 5.32 Å². The van der Waals surface area contributed by atoms with Gasteiger partial charge in [0.1, 0.15) is 0 Å². The Morgan fingerprint density at radius 2 is 2.12 bits per heavy atom. The minimum Gasteiger partial charge on any atom is -0.349 e. The monoisotopic (exact) mass is 237 g/mol. The van der Waals surface area contributed by atoms with E-state index in [2.05, 4.69) is 5.32 Å². The topological polar surface area (TPSA) is 29.1 Å². The van der Waals surface area contributed by atoms with Gasteiger partial charge in [0.05, 0.1) is 6.04 Å². The van der Waals surface area contributed by atoms with E-state index in [9.17, 15) is 4.79 Å². The number of halogens is 1. The Morgan fingerprint density at radius 1 is 1.25 bits per heavy atom. The fraction of sp³-hybridized carbons (Fsp3) is 0.462. The molecule has 16 heavy (non-hydrogen) atoms. The highest BCUT2D eigenvalue weighted by Gasteiger charge is 2.16. The van der Waals surface area contributed by atoms with Crippen LogP contribution in [0.5, 0.6) is 0 Å². The van der Waals surface area contributed by atoms with Crippen LogP contribution in [-0.2, 0) is 4.79 Å². The Bertz CT molecular complexity index is 378. The highest BCUT2D eigenvalue weighted by Crippen LogP contribution is 2.24. The van der Waals surface area contributed by atoms with Crippen molar-refractivity contribution in [2.24, 2.45) is 0 Å². The first-order chi connectivity index (χ1) is 7.75. The second kappa shape index (κ2) is 5.35. The summed E-state index contributed by atoms with van der Waals surface area (Å²) in [6.07, 6.45) is 4.97. The number of benzene rings is 1. The molecule has 2 nitrogen and oxygen atoms in total. The summed E-state index contributed by atoms with van der Waals surface area (Å²) in [7, 11) is 0. The van der Waals surface area contributed by atoms with Gasteiger partial charge >= 0.3 is 0 Å². The largest absolute Gasteiger partial charge is 0.349 e. The van der Waals surface area contributed by atoms with E-state index in [0.717, 1.165) is 36.3 Å². The number of hydrogen-bond acceptors (Lipinski definition) is 1. The predicted molar refractivity (Wildman–Crippen MR) is 65.4 cm³/mol. The molecule has 0 aliphatic carbocycles. The van der Waals surface area contributed by atoms with Gasteiger partial charge in [0, 0.05) is 11.4 Å². The van der Waals surface area contributed by atoms with Gasteiger partial charge in [-0.2, -0.15) is 0 Å². The molecule has 1 saturated heterocycles. The van der Waals surface area contributed by atoms with Crippen LogP contribution in [0, 0.1) is 0 Å². The second-order valence-corrected chi connectivity index (χ2v) is 4.71. The molecular weight excluding hydrogens is 222 g/mol. The lowest BCUT2D eigenvalue weighted by Crippen LogP contribution is -2.29. The lowest BCUT2D eigenvalue weighted by molar-refractivity contribution is -0.122. The molecule has 0 radical (unpaired) electrons. The van der Waals surface area contributed by atoms with Crippen LogP contribution in [0.15, 0.2) is 24.3 Å². The van der Waals surface area contributed by atoms with Gasteiger partial charge in [-0.15, -0.1) is 0 Å². The maximum absolute atomic E-state index is 11.6. The van der Waals surface area contributed by atoms with Crippen molar-refractivity contribution in [3.63, 3.8) is 0 Å². The molecule has 86 valence electrons. The SMILES string of the molecule is O=C1CCCCCC(c2cccc(Cl)c2)N1. The van der Waals surface area contributed by atoms with Gasteiger partial charge in [-0.1, -0.05) is 36.6 Å². The summed E-state index contributed by atoms with van der Waals surface area (Å²) in [5, 5.41) is 3.80. The van der Waals surface area contributed by atoms with Crippen LogP contribution in [0.1, 0.15) is 43.7 Å². The van der Waals surface area contributed by atoms with E-state index in [-0.39, 0.29) is 11.9 Å². The molecule has 1 aromatic carbocycles. The Labute approximate surface area is 101 Å². The molecule has 2 rings (SSSR count). The zero-order chi connectivity index (χ0) is 11.4.